The normalized spacial score (nSPS) is 16.2. The van der Waals surface area contributed by atoms with Gasteiger partial charge in [-0.25, -0.2) is 0 Å². The lowest BCUT2D eigenvalue weighted by molar-refractivity contribution is 0.143. The highest BCUT2D eigenvalue weighted by Crippen LogP contribution is 2.21. The smallest absolute Gasteiger partial charge is 0.101 e. The lowest BCUT2D eigenvalue weighted by Gasteiger charge is -2.32. The Morgan fingerprint density at radius 1 is 0.467 bits per heavy atom. The standard InChI is InChI=1S/C28H56N2/c1-4-7-9-10-11-12-13-14-15-16-17-18-19-20-21-22-23-25-30-27-26-29(6-3)28(30)24-8-5-2/h26-28H,4-25H2,1-3H3. The van der Waals surface area contributed by atoms with E-state index in [4.69, 9.17) is 0 Å². The minimum atomic E-state index is 0.635. The molecule has 0 aromatic rings. The molecule has 0 saturated heterocycles. The molecule has 0 radical (unpaired) electrons. The van der Waals surface area contributed by atoms with Gasteiger partial charge in [0.1, 0.15) is 6.17 Å². The molecule has 1 heterocycles. The molecule has 0 spiro atoms. The van der Waals surface area contributed by atoms with Gasteiger partial charge in [-0.2, -0.15) is 0 Å². The van der Waals surface area contributed by atoms with Crippen LogP contribution in [0.15, 0.2) is 12.4 Å². The molecule has 1 rings (SSSR count). The Balaban J connectivity index is 1.84. The molecule has 0 saturated carbocycles. The van der Waals surface area contributed by atoms with Crippen molar-refractivity contribution < 1.29 is 0 Å². The summed E-state index contributed by atoms with van der Waals surface area (Å²) in [6.07, 6.45) is 33.9. The van der Waals surface area contributed by atoms with Crippen molar-refractivity contribution in [3.05, 3.63) is 12.4 Å². The predicted octanol–water partition coefficient (Wildman–Crippen LogP) is 9.26. The van der Waals surface area contributed by atoms with Crippen LogP contribution in [0.5, 0.6) is 0 Å². The fraction of sp³-hybridized carbons (Fsp3) is 0.929. The molecular weight excluding hydrogens is 364 g/mol. The van der Waals surface area contributed by atoms with Crippen LogP contribution in [-0.2, 0) is 0 Å². The third kappa shape index (κ3) is 13.6. The highest BCUT2D eigenvalue weighted by atomic mass is 15.4. The second kappa shape index (κ2) is 20.3. The van der Waals surface area contributed by atoms with Crippen LogP contribution in [-0.4, -0.2) is 29.1 Å². The first kappa shape index (κ1) is 27.4. The molecule has 1 atom stereocenters. The molecule has 0 aliphatic carbocycles. The van der Waals surface area contributed by atoms with Crippen molar-refractivity contribution in [1.29, 1.82) is 0 Å². The average Bonchev–Trinajstić information content (AvgIpc) is 3.16. The summed E-state index contributed by atoms with van der Waals surface area (Å²) in [5.41, 5.74) is 0. The van der Waals surface area contributed by atoms with Gasteiger partial charge in [0.25, 0.3) is 0 Å². The number of hydrogen-bond donors (Lipinski definition) is 0. The van der Waals surface area contributed by atoms with E-state index in [0.717, 1.165) is 6.54 Å². The summed E-state index contributed by atoms with van der Waals surface area (Å²) in [5, 5.41) is 0. The number of rotatable bonds is 22. The van der Waals surface area contributed by atoms with Gasteiger partial charge in [-0.05, 0) is 26.2 Å². The predicted molar refractivity (Wildman–Crippen MR) is 136 cm³/mol. The van der Waals surface area contributed by atoms with E-state index in [-0.39, 0.29) is 0 Å². The first-order chi connectivity index (χ1) is 14.8. The number of nitrogens with zero attached hydrogens (tertiary/aromatic N) is 2. The molecule has 178 valence electrons. The van der Waals surface area contributed by atoms with Crippen LogP contribution in [0, 0.1) is 0 Å². The maximum atomic E-state index is 2.60. The van der Waals surface area contributed by atoms with E-state index >= 15 is 0 Å². The van der Waals surface area contributed by atoms with Crippen LogP contribution in [0.3, 0.4) is 0 Å². The Morgan fingerprint density at radius 2 is 0.867 bits per heavy atom. The Morgan fingerprint density at radius 3 is 1.30 bits per heavy atom. The second-order valence-corrected chi connectivity index (χ2v) is 9.65. The van der Waals surface area contributed by atoms with E-state index in [0.29, 0.717) is 6.17 Å². The Kier molecular flexibility index (Phi) is 18.5. The molecule has 2 nitrogen and oxygen atoms in total. The van der Waals surface area contributed by atoms with E-state index < -0.39 is 0 Å². The zero-order valence-corrected chi connectivity index (χ0v) is 21.2. The SMILES string of the molecule is CCCCCCCCCCCCCCCCCCCN1C=CN(CC)C1CCCC. The Hall–Kier alpha value is -0.660. The van der Waals surface area contributed by atoms with Crippen molar-refractivity contribution in [2.45, 2.75) is 155 Å². The number of hydrogen-bond acceptors (Lipinski definition) is 2. The molecule has 1 unspecified atom stereocenters. The van der Waals surface area contributed by atoms with Gasteiger partial charge in [-0.3, -0.25) is 0 Å². The molecule has 0 fully saturated rings. The minimum absolute atomic E-state index is 0.635. The van der Waals surface area contributed by atoms with Gasteiger partial charge in [-0.15, -0.1) is 0 Å². The fourth-order valence-electron chi connectivity index (χ4n) is 4.84. The monoisotopic (exact) mass is 420 g/mol. The quantitative estimate of drug-likeness (QED) is 0.161. The molecule has 30 heavy (non-hydrogen) atoms. The molecule has 1 aliphatic heterocycles. The van der Waals surface area contributed by atoms with Crippen LogP contribution < -0.4 is 0 Å². The summed E-state index contributed by atoms with van der Waals surface area (Å²) in [4.78, 5) is 5.12. The largest absolute Gasteiger partial charge is 0.356 e. The summed E-state index contributed by atoms with van der Waals surface area (Å²) >= 11 is 0. The lowest BCUT2D eigenvalue weighted by Crippen LogP contribution is -2.38. The second-order valence-electron chi connectivity index (χ2n) is 9.65. The van der Waals surface area contributed by atoms with Crippen molar-refractivity contribution in [3.63, 3.8) is 0 Å². The van der Waals surface area contributed by atoms with Crippen LogP contribution in [0.25, 0.3) is 0 Å². The van der Waals surface area contributed by atoms with Gasteiger partial charge in [0.2, 0.25) is 0 Å². The summed E-state index contributed by atoms with van der Waals surface area (Å²) in [6, 6.07) is 0. The van der Waals surface area contributed by atoms with Gasteiger partial charge < -0.3 is 9.80 Å². The summed E-state index contributed by atoms with van der Waals surface area (Å²) < 4.78 is 0. The molecule has 0 amide bonds. The van der Waals surface area contributed by atoms with Crippen LogP contribution in [0.4, 0.5) is 0 Å². The molecule has 1 aliphatic rings. The van der Waals surface area contributed by atoms with E-state index in [1.165, 1.54) is 135 Å². The molecule has 2 heteroatoms. The van der Waals surface area contributed by atoms with Crippen molar-refractivity contribution in [2.24, 2.45) is 0 Å². The number of unbranched alkanes of at least 4 members (excludes halogenated alkanes) is 17. The van der Waals surface area contributed by atoms with E-state index in [1.54, 1.807) is 0 Å². The zero-order chi connectivity index (χ0) is 21.7. The van der Waals surface area contributed by atoms with Gasteiger partial charge in [0.15, 0.2) is 0 Å². The Bertz CT molecular complexity index is 379. The van der Waals surface area contributed by atoms with Crippen molar-refractivity contribution in [1.82, 2.24) is 9.80 Å². The van der Waals surface area contributed by atoms with Gasteiger partial charge in [-0.1, -0.05) is 123 Å². The fourth-order valence-corrected chi connectivity index (χ4v) is 4.84. The maximum Gasteiger partial charge on any atom is 0.101 e. The third-order valence-corrected chi connectivity index (χ3v) is 6.92. The summed E-state index contributed by atoms with van der Waals surface area (Å²) in [5.74, 6) is 0. The van der Waals surface area contributed by atoms with Gasteiger partial charge in [0, 0.05) is 25.5 Å². The summed E-state index contributed by atoms with van der Waals surface area (Å²) in [7, 11) is 0. The maximum absolute atomic E-state index is 2.60. The van der Waals surface area contributed by atoms with E-state index in [2.05, 4.69) is 43.0 Å². The molecular formula is C28H56N2. The van der Waals surface area contributed by atoms with E-state index in [9.17, 15) is 0 Å². The van der Waals surface area contributed by atoms with Crippen LogP contribution in [0.1, 0.15) is 149 Å². The third-order valence-electron chi connectivity index (χ3n) is 6.92. The van der Waals surface area contributed by atoms with Crippen LogP contribution >= 0.6 is 0 Å². The summed E-state index contributed by atoms with van der Waals surface area (Å²) in [6.45, 7) is 9.28. The first-order valence-corrected chi connectivity index (χ1v) is 14.0. The topological polar surface area (TPSA) is 6.48 Å². The Labute approximate surface area is 190 Å². The van der Waals surface area contributed by atoms with Crippen molar-refractivity contribution in [2.75, 3.05) is 13.1 Å². The van der Waals surface area contributed by atoms with Crippen molar-refractivity contribution >= 4 is 0 Å². The van der Waals surface area contributed by atoms with E-state index in [1.807, 2.05) is 0 Å². The first-order valence-electron chi connectivity index (χ1n) is 14.0. The van der Waals surface area contributed by atoms with Gasteiger partial charge >= 0.3 is 0 Å². The minimum Gasteiger partial charge on any atom is -0.356 e. The van der Waals surface area contributed by atoms with Crippen LogP contribution in [0.2, 0.25) is 0 Å². The van der Waals surface area contributed by atoms with Gasteiger partial charge in [0.05, 0.1) is 0 Å². The molecule has 0 N–H and O–H groups in total. The lowest BCUT2D eigenvalue weighted by atomic mass is 10.0. The molecule has 0 aromatic heterocycles. The highest BCUT2D eigenvalue weighted by Gasteiger charge is 2.23. The average molecular weight is 421 g/mol. The molecule has 0 bridgehead atoms. The van der Waals surface area contributed by atoms with Crippen molar-refractivity contribution in [3.8, 4) is 0 Å². The highest BCUT2D eigenvalue weighted by molar-refractivity contribution is 4.96. The zero-order valence-electron chi connectivity index (χ0n) is 21.2. The molecule has 0 aromatic carbocycles.